The fourth-order valence-corrected chi connectivity index (χ4v) is 3.03. The second-order valence-electron chi connectivity index (χ2n) is 6.49. The van der Waals surface area contributed by atoms with Gasteiger partial charge in [0.1, 0.15) is 5.60 Å². The highest BCUT2D eigenvalue weighted by Gasteiger charge is 2.37. The molecule has 1 atom stereocenters. The molecular formula is C15H26N2O. The molecule has 18 heavy (non-hydrogen) atoms. The molecule has 0 aromatic carbocycles. The van der Waals surface area contributed by atoms with Crippen LogP contribution in [0.3, 0.4) is 0 Å². The maximum atomic E-state index is 11.0. The summed E-state index contributed by atoms with van der Waals surface area (Å²) in [4.78, 5) is 0. The van der Waals surface area contributed by atoms with Crippen LogP contribution >= 0.6 is 0 Å². The highest BCUT2D eigenvalue weighted by Crippen LogP contribution is 2.42. The summed E-state index contributed by atoms with van der Waals surface area (Å²) >= 11 is 0. The van der Waals surface area contributed by atoms with Crippen LogP contribution in [0.4, 0.5) is 0 Å². The van der Waals surface area contributed by atoms with Gasteiger partial charge in [-0.1, -0.05) is 20.8 Å². The van der Waals surface area contributed by atoms with Gasteiger partial charge < -0.3 is 5.11 Å². The van der Waals surface area contributed by atoms with Crippen LogP contribution in [-0.4, -0.2) is 14.9 Å². The van der Waals surface area contributed by atoms with Gasteiger partial charge in [-0.3, -0.25) is 4.68 Å². The minimum atomic E-state index is -0.667. The maximum absolute atomic E-state index is 11.0. The molecule has 1 aromatic rings. The van der Waals surface area contributed by atoms with Crippen LogP contribution in [0.25, 0.3) is 0 Å². The SMILES string of the molecule is CCCn1nccc1C1(O)CCCC(C)(C)CC1. The summed E-state index contributed by atoms with van der Waals surface area (Å²) in [5.74, 6) is 0. The molecule has 0 radical (unpaired) electrons. The van der Waals surface area contributed by atoms with Crippen LogP contribution in [0, 0.1) is 5.41 Å². The molecule has 1 aliphatic carbocycles. The van der Waals surface area contributed by atoms with Crippen molar-refractivity contribution >= 4 is 0 Å². The molecule has 1 fully saturated rings. The molecule has 1 aliphatic rings. The molecule has 3 heteroatoms. The molecule has 1 N–H and O–H groups in total. The minimum Gasteiger partial charge on any atom is -0.384 e. The normalized spacial score (nSPS) is 28.0. The summed E-state index contributed by atoms with van der Waals surface area (Å²) < 4.78 is 1.98. The first kappa shape index (κ1) is 13.6. The highest BCUT2D eigenvalue weighted by atomic mass is 16.3. The average Bonchev–Trinajstić information content (AvgIpc) is 2.71. The van der Waals surface area contributed by atoms with E-state index >= 15 is 0 Å². The highest BCUT2D eigenvalue weighted by molar-refractivity contribution is 5.13. The van der Waals surface area contributed by atoms with Gasteiger partial charge in [0, 0.05) is 12.7 Å². The van der Waals surface area contributed by atoms with Crippen LogP contribution in [0.1, 0.15) is 65.0 Å². The van der Waals surface area contributed by atoms with Crippen molar-refractivity contribution in [1.29, 1.82) is 0 Å². The first-order valence-corrected chi connectivity index (χ1v) is 7.21. The second kappa shape index (κ2) is 5.04. The summed E-state index contributed by atoms with van der Waals surface area (Å²) in [6, 6.07) is 1.99. The predicted octanol–water partition coefficient (Wildman–Crippen LogP) is 3.47. The van der Waals surface area contributed by atoms with E-state index in [9.17, 15) is 5.11 Å². The van der Waals surface area contributed by atoms with Gasteiger partial charge in [-0.25, -0.2) is 0 Å². The molecule has 1 unspecified atom stereocenters. The first-order valence-electron chi connectivity index (χ1n) is 7.21. The van der Waals surface area contributed by atoms with E-state index in [4.69, 9.17) is 0 Å². The third-order valence-electron chi connectivity index (χ3n) is 4.29. The van der Waals surface area contributed by atoms with Crippen molar-refractivity contribution in [2.75, 3.05) is 0 Å². The molecule has 0 spiro atoms. The van der Waals surface area contributed by atoms with Crippen LogP contribution in [-0.2, 0) is 12.1 Å². The number of nitrogens with zero attached hydrogens (tertiary/aromatic N) is 2. The largest absolute Gasteiger partial charge is 0.384 e. The number of hydrogen-bond acceptors (Lipinski definition) is 2. The molecule has 0 amide bonds. The van der Waals surface area contributed by atoms with Gasteiger partial charge >= 0.3 is 0 Å². The Hall–Kier alpha value is -0.830. The van der Waals surface area contributed by atoms with E-state index in [0.29, 0.717) is 5.41 Å². The Morgan fingerprint density at radius 3 is 2.78 bits per heavy atom. The summed E-state index contributed by atoms with van der Waals surface area (Å²) in [7, 11) is 0. The summed E-state index contributed by atoms with van der Waals surface area (Å²) in [5.41, 5.74) is 0.710. The zero-order valence-electron chi connectivity index (χ0n) is 11.9. The van der Waals surface area contributed by atoms with Crippen LogP contribution in [0.5, 0.6) is 0 Å². The Bertz CT molecular complexity index is 397. The van der Waals surface area contributed by atoms with Crippen molar-refractivity contribution in [3.05, 3.63) is 18.0 Å². The average molecular weight is 250 g/mol. The Balaban J connectivity index is 2.22. The van der Waals surface area contributed by atoms with Gasteiger partial charge in [0.25, 0.3) is 0 Å². The fraction of sp³-hybridized carbons (Fsp3) is 0.800. The van der Waals surface area contributed by atoms with Crippen LogP contribution in [0.2, 0.25) is 0 Å². The number of aliphatic hydroxyl groups is 1. The minimum absolute atomic E-state index is 0.361. The summed E-state index contributed by atoms with van der Waals surface area (Å²) in [5, 5.41) is 15.3. The lowest BCUT2D eigenvalue weighted by atomic mass is 9.83. The van der Waals surface area contributed by atoms with E-state index in [0.717, 1.165) is 44.3 Å². The fourth-order valence-electron chi connectivity index (χ4n) is 3.03. The Morgan fingerprint density at radius 1 is 1.28 bits per heavy atom. The number of hydrogen-bond donors (Lipinski definition) is 1. The van der Waals surface area contributed by atoms with Gasteiger partial charge in [-0.2, -0.15) is 5.10 Å². The van der Waals surface area contributed by atoms with Crippen LogP contribution in [0.15, 0.2) is 12.3 Å². The lowest BCUT2D eigenvalue weighted by Gasteiger charge is -2.28. The second-order valence-corrected chi connectivity index (χ2v) is 6.49. The molecule has 1 heterocycles. The van der Waals surface area contributed by atoms with E-state index in [-0.39, 0.29) is 0 Å². The van der Waals surface area contributed by atoms with Crippen molar-refractivity contribution in [3.8, 4) is 0 Å². The van der Waals surface area contributed by atoms with Gasteiger partial charge in [0.05, 0.1) is 5.69 Å². The summed E-state index contributed by atoms with van der Waals surface area (Å²) in [6.07, 6.45) is 7.98. The van der Waals surface area contributed by atoms with E-state index in [1.165, 1.54) is 6.42 Å². The predicted molar refractivity (Wildman–Crippen MR) is 73.3 cm³/mol. The van der Waals surface area contributed by atoms with Gasteiger partial charge in [-0.15, -0.1) is 0 Å². The van der Waals surface area contributed by atoms with E-state index in [1.54, 1.807) is 0 Å². The van der Waals surface area contributed by atoms with Crippen molar-refractivity contribution in [2.24, 2.45) is 5.41 Å². The van der Waals surface area contributed by atoms with Crippen molar-refractivity contribution in [2.45, 2.75) is 71.4 Å². The van der Waals surface area contributed by atoms with Crippen molar-refractivity contribution in [1.82, 2.24) is 9.78 Å². The maximum Gasteiger partial charge on any atom is 0.106 e. The molecule has 0 bridgehead atoms. The van der Waals surface area contributed by atoms with Gasteiger partial charge in [-0.05, 0) is 50.0 Å². The lowest BCUT2D eigenvalue weighted by Crippen LogP contribution is -2.29. The number of aromatic nitrogens is 2. The van der Waals surface area contributed by atoms with E-state index in [2.05, 4.69) is 25.9 Å². The molecule has 1 aromatic heterocycles. The lowest BCUT2D eigenvalue weighted by molar-refractivity contribution is 0.00922. The van der Waals surface area contributed by atoms with E-state index < -0.39 is 5.60 Å². The third kappa shape index (κ3) is 2.77. The zero-order chi connectivity index (χ0) is 13.2. The molecule has 0 saturated heterocycles. The van der Waals surface area contributed by atoms with Crippen molar-refractivity contribution < 1.29 is 5.11 Å². The quantitative estimate of drug-likeness (QED) is 0.834. The number of aryl methyl sites for hydroxylation is 1. The van der Waals surface area contributed by atoms with Crippen molar-refractivity contribution in [3.63, 3.8) is 0 Å². The zero-order valence-corrected chi connectivity index (χ0v) is 11.9. The smallest absolute Gasteiger partial charge is 0.106 e. The van der Waals surface area contributed by atoms with Gasteiger partial charge in [0.15, 0.2) is 0 Å². The summed E-state index contributed by atoms with van der Waals surface area (Å²) in [6.45, 7) is 7.66. The molecule has 1 saturated carbocycles. The first-order chi connectivity index (χ1) is 8.47. The molecule has 3 nitrogen and oxygen atoms in total. The topological polar surface area (TPSA) is 38.0 Å². The van der Waals surface area contributed by atoms with Crippen LogP contribution < -0.4 is 0 Å². The standard InChI is InChI=1S/C15H26N2O/c1-4-12-17-13(6-11-16-17)15(18)8-5-7-14(2,3)9-10-15/h6,11,18H,4-5,7-10,12H2,1-3H3. The molecule has 0 aliphatic heterocycles. The number of rotatable bonds is 3. The Kier molecular flexibility index (Phi) is 3.81. The molecule has 2 rings (SSSR count). The third-order valence-corrected chi connectivity index (χ3v) is 4.29. The monoisotopic (exact) mass is 250 g/mol. The Morgan fingerprint density at radius 2 is 2.06 bits per heavy atom. The van der Waals surface area contributed by atoms with Gasteiger partial charge in [0.2, 0.25) is 0 Å². The Labute approximate surface area is 110 Å². The molecular weight excluding hydrogens is 224 g/mol. The van der Waals surface area contributed by atoms with E-state index in [1.807, 2.05) is 16.9 Å². The molecule has 102 valence electrons.